The van der Waals surface area contributed by atoms with Crippen LogP contribution in [0.5, 0.6) is 5.75 Å². The number of alkyl halides is 2. The molecule has 0 saturated heterocycles. The second-order valence-electron chi connectivity index (χ2n) is 3.54. The molecule has 0 aliphatic carbocycles. The maximum Gasteiger partial charge on any atom is 0.302 e. The minimum absolute atomic E-state index is 0.0518. The van der Waals surface area contributed by atoms with Crippen LogP contribution < -0.4 is 5.43 Å². The van der Waals surface area contributed by atoms with E-state index < -0.39 is 17.1 Å². The number of benzene rings is 1. The van der Waals surface area contributed by atoms with Gasteiger partial charge in [0, 0.05) is 19.1 Å². The fourth-order valence-corrected chi connectivity index (χ4v) is 1.36. The van der Waals surface area contributed by atoms with Gasteiger partial charge in [0.05, 0.1) is 5.39 Å². The Morgan fingerprint density at radius 2 is 2.00 bits per heavy atom. The molecule has 0 atom stereocenters. The van der Waals surface area contributed by atoms with Crippen molar-refractivity contribution in [1.82, 2.24) is 0 Å². The highest BCUT2D eigenvalue weighted by atomic mass is 19.3. The van der Waals surface area contributed by atoms with Gasteiger partial charge in [0.15, 0.2) is 11.2 Å². The normalized spacial score (nSPS) is 11.9. The number of halogens is 2. The zero-order valence-electron chi connectivity index (χ0n) is 8.33. The molecule has 0 amide bonds. The lowest BCUT2D eigenvalue weighted by atomic mass is 10.2. The number of aromatic hydroxyl groups is 1. The Hall–Kier alpha value is -1.91. The van der Waals surface area contributed by atoms with Crippen molar-refractivity contribution < 1.29 is 18.3 Å². The van der Waals surface area contributed by atoms with Crippen molar-refractivity contribution in [3.05, 3.63) is 40.2 Å². The van der Waals surface area contributed by atoms with Gasteiger partial charge in [-0.3, -0.25) is 4.79 Å². The maximum atomic E-state index is 13.0. The molecule has 0 spiro atoms. The molecule has 0 fully saturated rings. The van der Waals surface area contributed by atoms with Crippen molar-refractivity contribution >= 4 is 11.0 Å². The number of rotatable bonds is 1. The SMILES string of the molecule is CC(F)(F)c1cc(=O)c2ccc(O)cc2o1. The van der Waals surface area contributed by atoms with Crippen LogP contribution in [0.2, 0.25) is 0 Å². The van der Waals surface area contributed by atoms with E-state index in [1.807, 2.05) is 0 Å². The summed E-state index contributed by atoms with van der Waals surface area (Å²) in [7, 11) is 0. The lowest BCUT2D eigenvalue weighted by Crippen LogP contribution is -2.12. The van der Waals surface area contributed by atoms with Crippen LogP contribution in [0.4, 0.5) is 8.78 Å². The zero-order chi connectivity index (χ0) is 11.9. The van der Waals surface area contributed by atoms with E-state index in [-0.39, 0.29) is 16.7 Å². The van der Waals surface area contributed by atoms with E-state index in [1.54, 1.807) is 0 Å². The van der Waals surface area contributed by atoms with Crippen molar-refractivity contribution in [1.29, 1.82) is 0 Å². The Morgan fingerprint density at radius 3 is 2.62 bits per heavy atom. The Morgan fingerprint density at radius 1 is 1.31 bits per heavy atom. The molecule has 0 aliphatic rings. The van der Waals surface area contributed by atoms with Crippen molar-refractivity contribution in [2.45, 2.75) is 12.8 Å². The highest BCUT2D eigenvalue weighted by Gasteiger charge is 2.28. The minimum Gasteiger partial charge on any atom is -0.508 e. The van der Waals surface area contributed by atoms with Crippen LogP contribution in [0.15, 0.2) is 33.5 Å². The van der Waals surface area contributed by atoms with E-state index in [4.69, 9.17) is 9.52 Å². The van der Waals surface area contributed by atoms with Crippen molar-refractivity contribution in [2.75, 3.05) is 0 Å². The van der Waals surface area contributed by atoms with Gasteiger partial charge in [-0.15, -0.1) is 0 Å². The Balaban J connectivity index is 2.80. The number of phenols is 1. The Bertz CT molecular complexity index is 596. The van der Waals surface area contributed by atoms with E-state index in [0.29, 0.717) is 6.92 Å². The van der Waals surface area contributed by atoms with Crippen LogP contribution in [0.3, 0.4) is 0 Å². The highest BCUT2D eigenvalue weighted by molar-refractivity contribution is 5.77. The molecular weight excluding hydrogens is 218 g/mol. The summed E-state index contributed by atoms with van der Waals surface area (Å²) < 4.78 is 30.8. The van der Waals surface area contributed by atoms with Crippen molar-refractivity contribution in [2.24, 2.45) is 0 Å². The van der Waals surface area contributed by atoms with Gasteiger partial charge < -0.3 is 9.52 Å². The fourth-order valence-electron chi connectivity index (χ4n) is 1.36. The Labute approximate surface area is 88.9 Å². The molecule has 3 nitrogen and oxygen atoms in total. The minimum atomic E-state index is -3.22. The van der Waals surface area contributed by atoms with E-state index in [0.717, 1.165) is 12.1 Å². The molecule has 1 aromatic heterocycles. The number of hydrogen-bond acceptors (Lipinski definition) is 3. The van der Waals surface area contributed by atoms with E-state index in [2.05, 4.69) is 0 Å². The first-order valence-electron chi connectivity index (χ1n) is 4.53. The molecule has 1 heterocycles. The third kappa shape index (κ3) is 1.76. The van der Waals surface area contributed by atoms with Crippen LogP contribution in [-0.2, 0) is 5.92 Å². The summed E-state index contributed by atoms with van der Waals surface area (Å²) in [6.07, 6.45) is 0. The zero-order valence-corrected chi connectivity index (χ0v) is 8.33. The van der Waals surface area contributed by atoms with Crippen LogP contribution >= 0.6 is 0 Å². The summed E-state index contributed by atoms with van der Waals surface area (Å²) in [5.41, 5.74) is -0.609. The van der Waals surface area contributed by atoms with Crippen LogP contribution in [0.1, 0.15) is 12.7 Å². The van der Waals surface area contributed by atoms with Gasteiger partial charge >= 0.3 is 5.92 Å². The summed E-state index contributed by atoms with van der Waals surface area (Å²) in [5, 5.41) is 9.32. The highest BCUT2D eigenvalue weighted by Crippen LogP contribution is 2.28. The molecule has 0 radical (unpaired) electrons. The molecule has 16 heavy (non-hydrogen) atoms. The van der Waals surface area contributed by atoms with Gasteiger partial charge in [0.25, 0.3) is 0 Å². The average molecular weight is 226 g/mol. The molecule has 0 bridgehead atoms. The fraction of sp³-hybridized carbons (Fsp3) is 0.182. The summed E-state index contributed by atoms with van der Waals surface area (Å²) in [6.45, 7) is 0.639. The summed E-state index contributed by atoms with van der Waals surface area (Å²) in [4.78, 5) is 11.5. The van der Waals surface area contributed by atoms with E-state index in [1.165, 1.54) is 12.1 Å². The molecule has 0 saturated carbocycles. The van der Waals surface area contributed by atoms with Gasteiger partial charge in [0.1, 0.15) is 11.3 Å². The molecule has 2 aromatic rings. The standard InChI is InChI=1S/C11H8F2O3/c1-11(12,13)10-5-8(15)7-3-2-6(14)4-9(7)16-10/h2-5,14H,1H3. The molecule has 84 valence electrons. The lowest BCUT2D eigenvalue weighted by Gasteiger charge is -2.09. The van der Waals surface area contributed by atoms with Gasteiger partial charge in [-0.2, -0.15) is 8.78 Å². The first-order valence-corrected chi connectivity index (χ1v) is 4.53. The summed E-state index contributed by atoms with van der Waals surface area (Å²) in [5.74, 6) is -4.08. The van der Waals surface area contributed by atoms with E-state index in [9.17, 15) is 13.6 Å². The predicted octanol–water partition coefficient (Wildman–Crippen LogP) is 2.61. The monoisotopic (exact) mass is 226 g/mol. The molecule has 0 aliphatic heterocycles. The molecule has 5 heteroatoms. The molecular formula is C11H8F2O3. The first kappa shape index (κ1) is 10.6. The van der Waals surface area contributed by atoms with Gasteiger partial charge in [-0.1, -0.05) is 0 Å². The van der Waals surface area contributed by atoms with Crippen LogP contribution in [0.25, 0.3) is 11.0 Å². The van der Waals surface area contributed by atoms with Gasteiger partial charge in [0.2, 0.25) is 0 Å². The van der Waals surface area contributed by atoms with Crippen molar-refractivity contribution in [3.8, 4) is 5.75 Å². The second-order valence-corrected chi connectivity index (χ2v) is 3.54. The van der Waals surface area contributed by atoms with Crippen LogP contribution in [0, 0.1) is 0 Å². The third-order valence-electron chi connectivity index (χ3n) is 2.15. The number of hydrogen-bond donors (Lipinski definition) is 1. The molecule has 2 rings (SSSR count). The largest absolute Gasteiger partial charge is 0.508 e. The predicted molar refractivity (Wildman–Crippen MR) is 53.7 cm³/mol. The molecule has 1 aromatic carbocycles. The smallest absolute Gasteiger partial charge is 0.302 e. The first-order chi connectivity index (χ1) is 7.38. The lowest BCUT2D eigenvalue weighted by molar-refractivity contribution is -0.00502. The van der Waals surface area contributed by atoms with Crippen molar-refractivity contribution in [3.63, 3.8) is 0 Å². The second kappa shape index (κ2) is 3.30. The third-order valence-corrected chi connectivity index (χ3v) is 2.15. The van der Waals surface area contributed by atoms with Gasteiger partial charge in [-0.05, 0) is 12.1 Å². The van der Waals surface area contributed by atoms with Gasteiger partial charge in [-0.25, -0.2) is 0 Å². The summed E-state index contributed by atoms with van der Waals surface area (Å²) in [6, 6.07) is 4.52. The van der Waals surface area contributed by atoms with Crippen LogP contribution in [-0.4, -0.2) is 5.11 Å². The summed E-state index contributed by atoms with van der Waals surface area (Å²) >= 11 is 0. The number of fused-ring (bicyclic) bond motifs is 1. The quantitative estimate of drug-likeness (QED) is 0.813. The topological polar surface area (TPSA) is 50.4 Å². The Kier molecular flexibility index (Phi) is 2.18. The van der Waals surface area contributed by atoms with E-state index >= 15 is 0 Å². The molecule has 0 unspecified atom stereocenters. The molecule has 1 N–H and O–H groups in total. The average Bonchev–Trinajstić information content (AvgIpc) is 2.15. The maximum absolute atomic E-state index is 13.0. The number of phenolic OH excluding ortho intramolecular Hbond substituents is 1.